The van der Waals surface area contributed by atoms with Crippen LogP contribution >= 0.6 is 0 Å². The number of aromatic nitrogens is 3. The van der Waals surface area contributed by atoms with E-state index in [1.807, 2.05) is 22.8 Å². The number of nitrogens with one attached hydrogen (secondary N) is 1. The molecule has 5 rings (SSSR count). The average molecular weight is 503 g/mol. The number of urea groups is 1. The van der Waals surface area contributed by atoms with Crippen molar-refractivity contribution in [1.29, 1.82) is 0 Å². The third-order valence-electron chi connectivity index (χ3n) is 6.20. The van der Waals surface area contributed by atoms with Crippen LogP contribution in [0.5, 0.6) is 0 Å². The molecule has 1 saturated heterocycles. The van der Waals surface area contributed by atoms with Gasteiger partial charge in [-0.1, -0.05) is 12.1 Å². The smallest absolute Gasteiger partial charge is 0.338 e. The first-order valence-corrected chi connectivity index (χ1v) is 12.2. The maximum Gasteiger partial charge on any atom is 0.338 e. The molecule has 2 aromatic carbocycles. The fourth-order valence-corrected chi connectivity index (χ4v) is 4.40. The van der Waals surface area contributed by atoms with E-state index in [0.717, 1.165) is 11.3 Å². The third kappa shape index (κ3) is 5.44. The number of ether oxygens (including phenoxy) is 1. The van der Waals surface area contributed by atoms with Crippen LogP contribution in [0.15, 0.2) is 66.9 Å². The Labute approximate surface area is 213 Å². The number of hydrogen-bond donors (Lipinski definition) is 1. The molecule has 0 saturated carbocycles. The van der Waals surface area contributed by atoms with Gasteiger partial charge < -0.3 is 15.0 Å². The number of rotatable bonds is 6. The van der Waals surface area contributed by atoms with E-state index in [4.69, 9.17) is 9.72 Å². The van der Waals surface area contributed by atoms with Crippen molar-refractivity contribution in [2.24, 2.45) is 0 Å². The largest absolute Gasteiger partial charge is 0.462 e. The number of esters is 1. The first-order valence-electron chi connectivity index (χ1n) is 12.2. The summed E-state index contributed by atoms with van der Waals surface area (Å²) in [5.74, 6) is 0.00769. The van der Waals surface area contributed by atoms with E-state index in [-0.39, 0.29) is 18.5 Å². The lowest BCUT2D eigenvalue weighted by Crippen LogP contribution is -2.49. The second kappa shape index (κ2) is 10.8. The SMILES string of the molecule is CCOC(=O)c1cccc(NC(=O)N2CCN(Cc3nc4cccnc4n3-c3cccc(F)c3)CC2)c1. The van der Waals surface area contributed by atoms with Crippen LogP contribution in [0.25, 0.3) is 16.9 Å². The molecule has 10 heteroatoms. The maximum absolute atomic E-state index is 14.0. The number of hydrogen-bond acceptors (Lipinski definition) is 6. The monoisotopic (exact) mass is 502 g/mol. The van der Waals surface area contributed by atoms with E-state index >= 15 is 0 Å². The van der Waals surface area contributed by atoms with Crippen LogP contribution in [-0.4, -0.2) is 69.1 Å². The molecule has 0 aliphatic carbocycles. The Morgan fingerprint density at radius 3 is 2.62 bits per heavy atom. The standard InChI is InChI=1S/C27H27FN6O3/c1-2-37-26(35)19-6-3-8-21(16-19)30-27(36)33-14-12-32(13-15-33)18-24-31-23-10-5-11-29-25(23)34(24)22-9-4-7-20(28)17-22/h3-11,16-17H,2,12-15,18H2,1H3,(H,30,36). The van der Waals surface area contributed by atoms with Gasteiger partial charge in [-0.3, -0.25) is 9.47 Å². The minimum absolute atomic E-state index is 0.225. The molecule has 9 nitrogen and oxygen atoms in total. The number of carbonyl (C=O) groups excluding carboxylic acids is 2. The molecule has 0 unspecified atom stereocenters. The van der Waals surface area contributed by atoms with Crippen molar-refractivity contribution in [3.8, 4) is 5.69 Å². The van der Waals surface area contributed by atoms with Gasteiger partial charge in [-0.15, -0.1) is 0 Å². The van der Waals surface area contributed by atoms with Crippen LogP contribution in [0.4, 0.5) is 14.9 Å². The number of pyridine rings is 1. The van der Waals surface area contributed by atoms with Crippen LogP contribution in [0, 0.1) is 5.82 Å². The molecule has 190 valence electrons. The summed E-state index contributed by atoms with van der Waals surface area (Å²) in [6, 6.07) is 16.6. The third-order valence-corrected chi connectivity index (χ3v) is 6.20. The van der Waals surface area contributed by atoms with Gasteiger partial charge in [-0.25, -0.2) is 23.9 Å². The summed E-state index contributed by atoms with van der Waals surface area (Å²) in [5, 5.41) is 2.87. The van der Waals surface area contributed by atoms with Gasteiger partial charge in [0.15, 0.2) is 5.65 Å². The molecule has 0 radical (unpaired) electrons. The average Bonchev–Trinajstić information content (AvgIpc) is 3.27. The molecular weight excluding hydrogens is 475 g/mol. The van der Waals surface area contributed by atoms with Crippen molar-refractivity contribution in [2.45, 2.75) is 13.5 Å². The van der Waals surface area contributed by atoms with Gasteiger partial charge in [0.05, 0.1) is 24.4 Å². The minimum Gasteiger partial charge on any atom is -0.462 e. The molecule has 1 aliphatic heterocycles. The molecule has 3 heterocycles. The number of halogens is 1. The van der Waals surface area contributed by atoms with Gasteiger partial charge in [0.25, 0.3) is 0 Å². The maximum atomic E-state index is 14.0. The number of nitrogens with zero attached hydrogens (tertiary/aromatic N) is 5. The summed E-state index contributed by atoms with van der Waals surface area (Å²) in [5.41, 5.74) is 3.00. The van der Waals surface area contributed by atoms with Crippen molar-refractivity contribution >= 4 is 28.9 Å². The van der Waals surface area contributed by atoms with E-state index in [2.05, 4.69) is 15.2 Å². The van der Waals surface area contributed by atoms with Crippen LogP contribution in [0.2, 0.25) is 0 Å². The van der Waals surface area contributed by atoms with Crippen LogP contribution in [0.1, 0.15) is 23.1 Å². The highest BCUT2D eigenvalue weighted by molar-refractivity contribution is 5.94. The Kier molecular flexibility index (Phi) is 7.09. The molecule has 1 aliphatic rings. The molecule has 0 bridgehead atoms. The normalized spacial score (nSPS) is 14.1. The summed E-state index contributed by atoms with van der Waals surface area (Å²) < 4.78 is 20.9. The number of piperazine rings is 1. The lowest BCUT2D eigenvalue weighted by atomic mass is 10.2. The molecule has 0 atom stereocenters. The molecule has 1 N–H and O–H groups in total. The van der Waals surface area contributed by atoms with Crippen LogP contribution in [0.3, 0.4) is 0 Å². The molecule has 0 spiro atoms. The highest BCUT2D eigenvalue weighted by Gasteiger charge is 2.24. The van der Waals surface area contributed by atoms with Gasteiger partial charge in [-0.2, -0.15) is 0 Å². The van der Waals surface area contributed by atoms with E-state index in [0.29, 0.717) is 55.3 Å². The highest BCUT2D eigenvalue weighted by atomic mass is 19.1. The molecule has 2 aromatic heterocycles. The summed E-state index contributed by atoms with van der Waals surface area (Å²) in [6.07, 6.45) is 1.70. The van der Waals surface area contributed by atoms with Crippen LogP contribution in [-0.2, 0) is 11.3 Å². The Balaban J connectivity index is 1.25. The molecule has 4 aromatic rings. The zero-order valence-corrected chi connectivity index (χ0v) is 20.4. The van der Waals surface area contributed by atoms with Crippen molar-refractivity contribution in [3.63, 3.8) is 0 Å². The second-order valence-corrected chi connectivity index (χ2v) is 8.68. The van der Waals surface area contributed by atoms with Gasteiger partial charge in [0.1, 0.15) is 17.2 Å². The molecule has 2 amide bonds. The first-order chi connectivity index (χ1) is 18.0. The lowest BCUT2D eigenvalue weighted by Gasteiger charge is -2.34. The van der Waals surface area contributed by atoms with E-state index in [1.54, 1.807) is 48.4 Å². The van der Waals surface area contributed by atoms with Crippen molar-refractivity contribution in [2.75, 3.05) is 38.1 Å². The van der Waals surface area contributed by atoms with Crippen molar-refractivity contribution < 1.29 is 18.7 Å². The zero-order valence-electron chi connectivity index (χ0n) is 20.4. The van der Waals surface area contributed by atoms with Crippen LogP contribution < -0.4 is 5.32 Å². The first kappa shape index (κ1) is 24.4. The lowest BCUT2D eigenvalue weighted by molar-refractivity contribution is 0.0526. The highest BCUT2D eigenvalue weighted by Crippen LogP contribution is 2.22. The summed E-state index contributed by atoms with van der Waals surface area (Å²) in [6.45, 7) is 4.92. The summed E-state index contributed by atoms with van der Waals surface area (Å²) in [7, 11) is 0. The van der Waals surface area contributed by atoms with Gasteiger partial charge in [0.2, 0.25) is 0 Å². The summed E-state index contributed by atoms with van der Waals surface area (Å²) in [4.78, 5) is 38.0. The Morgan fingerprint density at radius 2 is 1.84 bits per heavy atom. The molecular formula is C27H27FN6O3. The number of carbonyl (C=O) groups is 2. The van der Waals surface area contributed by atoms with Gasteiger partial charge >= 0.3 is 12.0 Å². The topological polar surface area (TPSA) is 92.6 Å². The Bertz CT molecular complexity index is 1430. The van der Waals surface area contributed by atoms with Gasteiger partial charge in [0, 0.05) is 38.1 Å². The summed E-state index contributed by atoms with van der Waals surface area (Å²) >= 11 is 0. The number of benzene rings is 2. The van der Waals surface area contributed by atoms with Gasteiger partial charge in [-0.05, 0) is 55.5 Å². The second-order valence-electron chi connectivity index (χ2n) is 8.68. The van der Waals surface area contributed by atoms with E-state index in [9.17, 15) is 14.0 Å². The zero-order chi connectivity index (χ0) is 25.8. The van der Waals surface area contributed by atoms with E-state index < -0.39 is 5.97 Å². The van der Waals surface area contributed by atoms with Crippen molar-refractivity contribution in [3.05, 3.63) is 84.1 Å². The molecule has 1 fully saturated rings. The number of imidazole rings is 1. The number of fused-ring (bicyclic) bond motifs is 1. The minimum atomic E-state index is -0.424. The number of anilines is 1. The fourth-order valence-electron chi connectivity index (χ4n) is 4.40. The predicted octanol–water partition coefficient (Wildman–Crippen LogP) is 4.09. The van der Waals surface area contributed by atoms with E-state index in [1.165, 1.54) is 12.1 Å². The molecule has 37 heavy (non-hydrogen) atoms. The number of amides is 2. The predicted molar refractivity (Wildman–Crippen MR) is 137 cm³/mol. The van der Waals surface area contributed by atoms with Crippen molar-refractivity contribution in [1.82, 2.24) is 24.3 Å². The quantitative estimate of drug-likeness (QED) is 0.400. The fraction of sp³-hybridized carbons (Fsp3) is 0.259. The Hall–Kier alpha value is -4.31. The Morgan fingerprint density at radius 1 is 1.03 bits per heavy atom.